The monoisotopic (exact) mass is 398 g/mol. The predicted molar refractivity (Wildman–Crippen MR) is 106 cm³/mol. The number of amides is 1. The van der Waals surface area contributed by atoms with Gasteiger partial charge in [0.1, 0.15) is 18.2 Å². The van der Waals surface area contributed by atoms with Crippen molar-refractivity contribution in [1.82, 2.24) is 24.5 Å². The first-order chi connectivity index (χ1) is 14.1. The summed E-state index contributed by atoms with van der Waals surface area (Å²) in [7, 11) is 0. The molecule has 3 aromatic rings. The molecule has 29 heavy (non-hydrogen) atoms. The lowest BCUT2D eigenvalue weighted by Gasteiger charge is -2.20. The summed E-state index contributed by atoms with van der Waals surface area (Å²) < 4.78 is 15.4. The summed E-state index contributed by atoms with van der Waals surface area (Å²) in [5.74, 6) is 0.399. The number of nitrogens with one attached hydrogen (secondary N) is 1. The van der Waals surface area contributed by atoms with Crippen LogP contribution in [0.3, 0.4) is 0 Å². The maximum atomic E-state index is 12.9. The zero-order valence-electron chi connectivity index (χ0n) is 16.1. The molecule has 8 nitrogen and oxygen atoms in total. The zero-order valence-corrected chi connectivity index (χ0v) is 16.1. The van der Waals surface area contributed by atoms with E-state index in [4.69, 9.17) is 0 Å². The summed E-state index contributed by atoms with van der Waals surface area (Å²) in [6.07, 6.45) is 6.36. The third kappa shape index (κ3) is 4.44. The van der Waals surface area contributed by atoms with Crippen LogP contribution in [0.1, 0.15) is 31.2 Å². The predicted octanol–water partition coefficient (Wildman–Crippen LogP) is 1.73. The molecule has 0 spiro atoms. The second-order valence-electron chi connectivity index (χ2n) is 7.20. The zero-order chi connectivity index (χ0) is 20.2. The molecule has 4 rings (SSSR count). The second kappa shape index (κ2) is 8.42. The molecule has 152 valence electrons. The number of nitrogens with zero attached hydrogens (tertiary/aromatic N) is 5. The minimum Gasteiger partial charge on any atom is -0.356 e. The highest BCUT2D eigenvalue weighted by atomic mass is 19.1. The molecule has 9 heteroatoms. The van der Waals surface area contributed by atoms with Crippen molar-refractivity contribution < 1.29 is 9.18 Å². The molecule has 1 fully saturated rings. The lowest BCUT2D eigenvalue weighted by molar-refractivity contribution is -0.122. The molecule has 0 radical (unpaired) electrons. The van der Waals surface area contributed by atoms with Gasteiger partial charge in [-0.3, -0.25) is 4.79 Å². The molecule has 0 atom stereocenters. The van der Waals surface area contributed by atoms with Crippen molar-refractivity contribution in [3.63, 3.8) is 0 Å². The molecule has 0 aliphatic carbocycles. The van der Waals surface area contributed by atoms with Crippen molar-refractivity contribution in [2.45, 2.75) is 38.8 Å². The number of anilines is 1. The fourth-order valence-corrected chi connectivity index (χ4v) is 3.47. The third-order valence-corrected chi connectivity index (χ3v) is 5.07. The third-order valence-electron chi connectivity index (χ3n) is 5.07. The minimum absolute atomic E-state index is 0.206. The normalized spacial score (nSPS) is 14.7. The molecular weight excluding hydrogens is 375 g/mol. The Hall–Kier alpha value is -3.23. The Bertz CT molecular complexity index is 1050. The van der Waals surface area contributed by atoms with Crippen LogP contribution < -0.4 is 15.9 Å². The second-order valence-corrected chi connectivity index (χ2v) is 7.20. The van der Waals surface area contributed by atoms with Gasteiger partial charge in [0.2, 0.25) is 5.91 Å². The van der Waals surface area contributed by atoms with E-state index in [2.05, 4.69) is 20.3 Å². The number of hydrogen-bond acceptors (Lipinski definition) is 5. The maximum Gasteiger partial charge on any atom is 0.352 e. The highest BCUT2D eigenvalue weighted by Gasteiger charge is 2.15. The molecule has 2 aromatic heterocycles. The largest absolute Gasteiger partial charge is 0.356 e. The van der Waals surface area contributed by atoms with Gasteiger partial charge in [-0.05, 0) is 36.6 Å². The topological polar surface area (TPSA) is 84.5 Å². The van der Waals surface area contributed by atoms with Crippen LogP contribution in [-0.2, 0) is 17.9 Å². The van der Waals surface area contributed by atoms with Crippen molar-refractivity contribution >= 4 is 17.5 Å². The molecule has 1 aliphatic rings. The summed E-state index contributed by atoms with van der Waals surface area (Å²) in [6.45, 7) is 1.93. The number of carbonyl (C=O) groups excluding carboxylic acids is 1. The van der Waals surface area contributed by atoms with E-state index in [1.165, 1.54) is 29.4 Å². The smallest absolute Gasteiger partial charge is 0.352 e. The molecule has 0 bridgehead atoms. The van der Waals surface area contributed by atoms with Crippen LogP contribution >= 0.6 is 0 Å². The summed E-state index contributed by atoms with van der Waals surface area (Å²) in [5.41, 5.74) is 0.359. The van der Waals surface area contributed by atoms with Gasteiger partial charge < -0.3 is 10.2 Å². The first kappa shape index (κ1) is 19.1. The first-order valence-electron chi connectivity index (χ1n) is 9.82. The van der Waals surface area contributed by atoms with E-state index in [9.17, 15) is 14.0 Å². The summed E-state index contributed by atoms with van der Waals surface area (Å²) in [6, 6.07) is 7.69. The molecule has 1 N–H and O–H groups in total. The molecule has 1 saturated heterocycles. The number of aromatic nitrogens is 4. The van der Waals surface area contributed by atoms with Crippen LogP contribution in [0.2, 0.25) is 0 Å². The van der Waals surface area contributed by atoms with Crippen LogP contribution in [0.4, 0.5) is 10.2 Å². The Morgan fingerprint density at radius 2 is 1.79 bits per heavy atom. The standard InChI is InChI=1S/C20H23FN6O2/c21-16-7-5-15(6-8-16)13-22-18(28)14-27-20(29)26-12-9-17(23-19(26)24-27)25-10-3-1-2-4-11-25/h5-9,12H,1-4,10-11,13-14H2,(H,22,28). The van der Waals surface area contributed by atoms with Crippen LogP contribution in [0.5, 0.6) is 0 Å². The Morgan fingerprint density at radius 3 is 2.52 bits per heavy atom. The molecule has 1 aromatic carbocycles. The molecule has 0 saturated carbocycles. The Balaban J connectivity index is 1.45. The molecule has 0 unspecified atom stereocenters. The van der Waals surface area contributed by atoms with E-state index in [0.717, 1.165) is 42.0 Å². The summed E-state index contributed by atoms with van der Waals surface area (Å²) >= 11 is 0. The van der Waals surface area contributed by atoms with Gasteiger partial charge in [-0.1, -0.05) is 25.0 Å². The van der Waals surface area contributed by atoms with E-state index in [-0.39, 0.29) is 30.6 Å². The Kier molecular flexibility index (Phi) is 5.55. The van der Waals surface area contributed by atoms with Crippen LogP contribution in [0.25, 0.3) is 5.78 Å². The number of rotatable bonds is 5. The van der Waals surface area contributed by atoms with E-state index >= 15 is 0 Å². The van der Waals surface area contributed by atoms with Crippen molar-refractivity contribution in [3.8, 4) is 0 Å². The SMILES string of the molecule is O=C(Cn1nc2nc(N3CCCCCC3)ccn2c1=O)NCc1ccc(F)cc1. The van der Waals surface area contributed by atoms with Crippen LogP contribution in [0.15, 0.2) is 41.3 Å². The highest BCUT2D eigenvalue weighted by molar-refractivity contribution is 5.75. The summed E-state index contributed by atoms with van der Waals surface area (Å²) in [4.78, 5) is 31.5. The molecule has 1 aliphatic heterocycles. The van der Waals surface area contributed by atoms with Gasteiger partial charge >= 0.3 is 5.69 Å². The molecular formula is C20H23FN6O2. The van der Waals surface area contributed by atoms with Crippen molar-refractivity contribution in [3.05, 3.63) is 58.4 Å². The Labute approximate surface area is 167 Å². The highest BCUT2D eigenvalue weighted by Crippen LogP contribution is 2.17. The van der Waals surface area contributed by atoms with E-state index in [1.54, 1.807) is 18.3 Å². The van der Waals surface area contributed by atoms with Crippen molar-refractivity contribution in [2.75, 3.05) is 18.0 Å². The lowest BCUT2D eigenvalue weighted by Crippen LogP contribution is -2.32. The quantitative estimate of drug-likeness (QED) is 0.708. The fraction of sp³-hybridized carbons (Fsp3) is 0.400. The van der Waals surface area contributed by atoms with E-state index in [1.807, 2.05) is 6.07 Å². The van der Waals surface area contributed by atoms with Gasteiger partial charge in [-0.15, -0.1) is 5.10 Å². The number of benzene rings is 1. The maximum absolute atomic E-state index is 12.9. The Morgan fingerprint density at radius 1 is 1.07 bits per heavy atom. The number of hydrogen-bond donors (Lipinski definition) is 1. The van der Waals surface area contributed by atoms with E-state index < -0.39 is 5.69 Å². The molecule has 3 heterocycles. The van der Waals surface area contributed by atoms with Crippen LogP contribution in [0, 0.1) is 5.82 Å². The van der Waals surface area contributed by atoms with Gasteiger partial charge in [0.25, 0.3) is 5.78 Å². The van der Waals surface area contributed by atoms with Gasteiger partial charge in [0.05, 0.1) is 0 Å². The molecule has 1 amide bonds. The van der Waals surface area contributed by atoms with Crippen LogP contribution in [-0.4, -0.2) is 38.2 Å². The van der Waals surface area contributed by atoms with Gasteiger partial charge in [-0.25, -0.2) is 18.3 Å². The minimum atomic E-state index is -0.410. The van der Waals surface area contributed by atoms with Gasteiger partial charge in [0, 0.05) is 25.8 Å². The average molecular weight is 398 g/mol. The average Bonchev–Trinajstić information content (AvgIpc) is 2.90. The first-order valence-corrected chi connectivity index (χ1v) is 9.82. The van der Waals surface area contributed by atoms with Gasteiger partial charge in [0.15, 0.2) is 0 Å². The lowest BCUT2D eigenvalue weighted by atomic mass is 10.2. The van der Waals surface area contributed by atoms with Crippen molar-refractivity contribution in [2.24, 2.45) is 0 Å². The van der Waals surface area contributed by atoms with Gasteiger partial charge in [-0.2, -0.15) is 4.98 Å². The van der Waals surface area contributed by atoms with E-state index in [0.29, 0.717) is 0 Å². The fourth-order valence-electron chi connectivity index (χ4n) is 3.47. The summed E-state index contributed by atoms with van der Waals surface area (Å²) in [5, 5.41) is 6.93. The number of carbonyl (C=O) groups is 1. The van der Waals surface area contributed by atoms with Crippen molar-refractivity contribution in [1.29, 1.82) is 0 Å². The number of halogens is 1. The number of fused-ring (bicyclic) bond motifs is 1.